The molecule has 1 rings (SSSR count). The van der Waals surface area contributed by atoms with Gasteiger partial charge in [0.1, 0.15) is 5.76 Å². The van der Waals surface area contributed by atoms with E-state index in [0.29, 0.717) is 12.0 Å². The molecule has 0 saturated heterocycles. The van der Waals surface area contributed by atoms with Crippen molar-refractivity contribution in [1.82, 2.24) is 5.32 Å². The Balaban J connectivity index is 2.57. The summed E-state index contributed by atoms with van der Waals surface area (Å²) in [6.45, 7) is 3.76. The van der Waals surface area contributed by atoms with E-state index in [9.17, 15) is 9.59 Å². The summed E-state index contributed by atoms with van der Waals surface area (Å²) < 4.78 is 5.05. The molecule has 0 atom stereocenters. The van der Waals surface area contributed by atoms with Crippen LogP contribution < -0.4 is 5.32 Å². The van der Waals surface area contributed by atoms with E-state index in [2.05, 4.69) is 5.32 Å². The number of furan rings is 1. The molecule has 0 aliphatic carbocycles. The van der Waals surface area contributed by atoms with Crippen LogP contribution in [0.2, 0.25) is 0 Å². The first kappa shape index (κ1) is 11.2. The van der Waals surface area contributed by atoms with Crippen molar-refractivity contribution in [1.29, 1.82) is 0 Å². The van der Waals surface area contributed by atoms with Gasteiger partial charge in [-0.3, -0.25) is 9.59 Å². The molecule has 1 amide bonds. The molecule has 1 aromatic rings. The summed E-state index contributed by atoms with van der Waals surface area (Å²) in [5.74, 6) is 0.545. The normalized spacial score (nSPS) is 10.9. The fourth-order valence-electron chi connectivity index (χ4n) is 1.01. The SMILES string of the molecule is CC(C)NC(=O)/C=C/c1ccc(C=O)o1. The molecule has 0 aromatic carbocycles. The summed E-state index contributed by atoms with van der Waals surface area (Å²) in [6, 6.07) is 3.28. The lowest BCUT2D eigenvalue weighted by Crippen LogP contribution is -2.28. The molecule has 15 heavy (non-hydrogen) atoms. The lowest BCUT2D eigenvalue weighted by Gasteiger charge is -2.03. The third kappa shape index (κ3) is 3.81. The van der Waals surface area contributed by atoms with Gasteiger partial charge in [-0.05, 0) is 32.1 Å². The smallest absolute Gasteiger partial charge is 0.244 e. The van der Waals surface area contributed by atoms with Crippen LogP contribution >= 0.6 is 0 Å². The molecule has 80 valence electrons. The molecule has 0 aliphatic heterocycles. The Labute approximate surface area is 88.0 Å². The minimum Gasteiger partial charge on any atom is -0.454 e. The zero-order valence-corrected chi connectivity index (χ0v) is 8.69. The van der Waals surface area contributed by atoms with Gasteiger partial charge in [0.2, 0.25) is 5.91 Å². The highest BCUT2D eigenvalue weighted by Gasteiger charge is 1.99. The van der Waals surface area contributed by atoms with Crippen molar-refractivity contribution in [3.8, 4) is 0 Å². The minimum absolute atomic E-state index is 0.101. The fraction of sp³-hybridized carbons (Fsp3) is 0.273. The largest absolute Gasteiger partial charge is 0.454 e. The molecule has 0 radical (unpaired) electrons. The molecule has 0 fully saturated rings. The molecule has 0 bridgehead atoms. The van der Waals surface area contributed by atoms with Crippen LogP contribution in [0.25, 0.3) is 6.08 Å². The van der Waals surface area contributed by atoms with Crippen molar-refractivity contribution in [2.45, 2.75) is 19.9 Å². The number of carbonyl (C=O) groups excluding carboxylic acids is 2. The van der Waals surface area contributed by atoms with E-state index in [-0.39, 0.29) is 17.7 Å². The zero-order valence-electron chi connectivity index (χ0n) is 8.69. The van der Waals surface area contributed by atoms with Crippen LogP contribution in [0.15, 0.2) is 22.6 Å². The van der Waals surface area contributed by atoms with E-state index >= 15 is 0 Å². The first-order chi connectivity index (χ1) is 7.11. The van der Waals surface area contributed by atoms with Crippen molar-refractivity contribution in [3.05, 3.63) is 29.7 Å². The van der Waals surface area contributed by atoms with E-state index in [1.807, 2.05) is 13.8 Å². The topological polar surface area (TPSA) is 59.3 Å². The molecule has 1 heterocycles. The van der Waals surface area contributed by atoms with Gasteiger partial charge in [0, 0.05) is 12.1 Å². The number of hydrogen-bond donors (Lipinski definition) is 1. The van der Waals surface area contributed by atoms with E-state index < -0.39 is 0 Å². The van der Waals surface area contributed by atoms with Gasteiger partial charge in [-0.1, -0.05) is 0 Å². The Hall–Kier alpha value is -1.84. The van der Waals surface area contributed by atoms with Crippen LogP contribution in [0.1, 0.15) is 30.2 Å². The van der Waals surface area contributed by atoms with Crippen molar-refractivity contribution < 1.29 is 14.0 Å². The van der Waals surface area contributed by atoms with Crippen molar-refractivity contribution >= 4 is 18.3 Å². The molecule has 4 heteroatoms. The van der Waals surface area contributed by atoms with Gasteiger partial charge in [-0.2, -0.15) is 0 Å². The molecule has 1 N–H and O–H groups in total. The summed E-state index contributed by atoms with van der Waals surface area (Å²) in [4.78, 5) is 21.5. The van der Waals surface area contributed by atoms with E-state index in [1.165, 1.54) is 12.2 Å². The Bertz CT molecular complexity index is 377. The van der Waals surface area contributed by atoms with Crippen LogP contribution in [-0.4, -0.2) is 18.2 Å². The number of carbonyl (C=O) groups is 2. The number of rotatable bonds is 4. The average Bonchev–Trinajstić information content (AvgIpc) is 2.61. The highest BCUT2D eigenvalue weighted by Crippen LogP contribution is 2.07. The third-order valence-electron chi connectivity index (χ3n) is 1.59. The molecule has 1 aromatic heterocycles. The predicted octanol–water partition coefficient (Wildman–Crippen LogP) is 1.63. The molecular weight excluding hydrogens is 194 g/mol. The van der Waals surface area contributed by atoms with Crippen molar-refractivity contribution in [3.63, 3.8) is 0 Å². The average molecular weight is 207 g/mol. The summed E-state index contributed by atoms with van der Waals surface area (Å²) in [7, 11) is 0. The van der Waals surface area contributed by atoms with E-state index in [0.717, 1.165) is 0 Å². The highest BCUT2D eigenvalue weighted by atomic mass is 16.3. The molecule has 4 nitrogen and oxygen atoms in total. The second-order valence-electron chi connectivity index (χ2n) is 3.35. The van der Waals surface area contributed by atoms with Crippen LogP contribution in [0, 0.1) is 0 Å². The fourth-order valence-corrected chi connectivity index (χ4v) is 1.01. The van der Waals surface area contributed by atoms with Crippen molar-refractivity contribution in [2.24, 2.45) is 0 Å². The van der Waals surface area contributed by atoms with E-state index in [1.54, 1.807) is 12.1 Å². The van der Waals surface area contributed by atoms with Gasteiger partial charge in [0.25, 0.3) is 0 Å². The quantitative estimate of drug-likeness (QED) is 0.603. The van der Waals surface area contributed by atoms with Gasteiger partial charge in [-0.25, -0.2) is 0 Å². The Kier molecular flexibility index (Phi) is 3.85. The van der Waals surface area contributed by atoms with Crippen LogP contribution in [0.5, 0.6) is 0 Å². The second-order valence-corrected chi connectivity index (χ2v) is 3.35. The van der Waals surface area contributed by atoms with Crippen LogP contribution in [-0.2, 0) is 4.79 Å². The molecule has 0 saturated carbocycles. The molecule has 0 aliphatic rings. The summed E-state index contributed by atoms with van der Waals surface area (Å²) in [6.07, 6.45) is 3.50. The van der Waals surface area contributed by atoms with Gasteiger partial charge >= 0.3 is 0 Å². The number of amides is 1. The number of nitrogens with one attached hydrogen (secondary N) is 1. The number of hydrogen-bond acceptors (Lipinski definition) is 3. The van der Waals surface area contributed by atoms with Gasteiger partial charge < -0.3 is 9.73 Å². The maximum atomic E-state index is 11.2. The first-order valence-corrected chi connectivity index (χ1v) is 4.65. The summed E-state index contributed by atoms with van der Waals surface area (Å²) in [5, 5.41) is 2.70. The first-order valence-electron chi connectivity index (χ1n) is 4.65. The minimum atomic E-state index is -0.186. The molecule has 0 spiro atoms. The highest BCUT2D eigenvalue weighted by molar-refractivity contribution is 5.91. The van der Waals surface area contributed by atoms with E-state index in [4.69, 9.17) is 4.42 Å². The molecule has 0 unspecified atom stereocenters. The second kappa shape index (κ2) is 5.14. The number of aldehydes is 1. The van der Waals surface area contributed by atoms with Gasteiger partial charge in [0.05, 0.1) is 0 Å². The molecular formula is C11H13NO3. The van der Waals surface area contributed by atoms with Gasteiger partial charge in [-0.15, -0.1) is 0 Å². The Morgan fingerprint density at radius 3 is 2.60 bits per heavy atom. The third-order valence-corrected chi connectivity index (χ3v) is 1.59. The lowest BCUT2D eigenvalue weighted by atomic mass is 10.3. The monoisotopic (exact) mass is 207 g/mol. The maximum Gasteiger partial charge on any atom is 0.244 e. The Morgan fingerprint density at radius 1 is 1.40 bits per heavy atom. The van der Waals surface area contributed by atoms with Crippen molar-refractivity contribution in [2.75, 3.05) is 0 Å². The predicted molar refractivity (Wildman–Crippen MR) is 56.4 cm³/mol. The standard InChI is InChI=1S/C11H13NO3/c1-8(2)12-11(14)6-5-9-3-4-10(7-13)15-9/h3-8H,1-2H3,(H,12,14)/b6-5+. The maximum absolute atomic E-state index is 11.2. The van der Waals surface area contributed by atoms with Gasteiger partial charge in [0.15, 0.2) is 12.0 Å². The summed E-state index contributed by atoms with van der Waals surface area (Å²) in [5.41, 5.74) is 0. The summed E-state index contributed by atoms with van der Waals surface area (Å²) >= 11 is 0. The van der Waals surface area contributed by atoms with Crippen LogP contribution in [0.4, 0.5) is 0 Å². The zero-order chi connectivity index (χ0) is 11.3. The Morgan fingerprint density at radius 2 is 2.07 bits per heavy atom. The van der Waals surface area contributed by atoms with Crippen LogP contribution in [0.3, 0.4) is 0 Å². The lowest BCUT2D eigenvalue weighted by molar-refractivity contribution is -0.116.